The standard InChI is InChI=1S/C16H18N4O/c1-2-5-16(21)17-14-8-9-15(19-18-14)20-11-10-12-6-3-4-7-13(12)20/h3-4,6-9H,2,5,10-11H2,1H3,(H,17,18,21). The second-order valence-corrected chi connectivity index (χ2v) is 5.11. The summed E-state index contributed by atoms with van der Waals surface area (Å²) >= 11 is 0. The minimum atomic E-state index is -0.0222. The van der Waals surface area contributed by atoms with Crippen molar-refractivity contribution in [3.8, 4) is 0 Å². The van der Waals surface area contributed by atoms with Crippen molar-refractivity contribution < 1.29 is 4.79 Å². The van der Waals surface area contributed by atoms with Gasteiger partial charge < -0.3 is 10.2 Å². The number of fused-ring (bicyclic) bond motifs is 1. The van der Waals surface area contributed by atoms with E-state index in [1.807, 2.05) is 19.1 Å². The highest BCUT2D eigenvalue weighted by molar-refractivity contribution is 5.89. The first-order chi connectivity index (χ1) is 10.3. The summed E-state index contributed by atoms with van der Waals surface area (Å²) < 4.78 is 0. The number of nitrogens with one attached hydrogen (secondary N) is 1. The predicted molar refractivity (Wildman–Crippen MR) is 82.7 cm³/mol. The molecule has 0 atom stereocenters. The molecule has 0 unspecified atom stereocenters. The van der Waals surface area contributed by atoms with E-state index in [4.69, 9.17) is 0 Å². The van der Waals surface area contributed by atoms with Gasteiger partial charge in [0, 0.05) is 18.7 Å². The summed E-state index contributed by atoms with van der Waals surface area (Å²) in [5.41, 5.74) is 2.52. The second kappa shape index (κ2) is 5.91. The van der Waals surface area contributed by atoms with Crippen molar-refractivity contribution in [3.63, 3.8) is 0 Å². The molecule has 0 saturated heterocycles. The van der Waals surface area contributed by atoms with Gasteiger partial charge in [0.15, 0.2) is 11.6 Å². The summed E-state index contributed by atoms with van der Waals surface area (Å²) in [5.74, 6) is 1.30. The smallest absolute Gasteiger partial charge is 0.225 e. The summed E-state index contributed by atoms with van der Waals surface area (Å²) in [6, 6.07) is 12.0. The largest absolute Gasteiger partial charge is 0.324 e. The molecule has 5 nitrogen and oxygen atoms in total. The highest BCUT2D eigenvalue weighted by atomic mass is 16.1. The molecule has 1 amide bonds. The van der Waals surface area contributed by atoms with Gasteiger partial charge in [-0.25, -0.2) is 0 Å². The molecule has 0 aliphatic carbocycles. The van der Waals surface area contributed by atoms with Crippen molar-refractivity contribution in [3.05, 3.63) is 42.0 Å². The first-order valence-electron chi connectivity index (χ1n) is 7.27. The van der Waals surface area contributed by atoms with Crippen molar-refractivity contribution in [2.45, 2.75) is 26.2 Å². The zero-order chi connectivity index (χ0) is 14.7. The van der Waals surface area contributed by atoms with Crippen LogP contribution >= 0.6 is 0 Å². The van der Waals surface area contributed by atoms with Crippen molar-refractivity contribution in [1.82, 2.24) is 10.2 Å². The van der Waals surface area contributed by atoms with Gasteiger partial charge in [-0.1, -0.05) is 25.1 Å². The molecule has 0 radical (unpaired) electrons. The molecule has 1 N–H and O–H groups in total. The predicted octanol–water partition coefficient (Wildman–Crippen LogP) is 2.91. The monoisotopic (exact) mass is 282 g/mol. The van der Waals surface area contributed by atoms with E-state index in [1.165, 1.54) is 11.3 Å². The summed E-state index contributed by atoms with van der Waals surface area (Å²) in [6.07, 6.45) is 2.34. The average Bonchev–Trinajstić information content (AvgIpc) is 2.92. The van der Waals surface area contributed by atoms with Crippen LogP contribution in [0, 0.1) is 0 Å². The van der Waals surface area contributed by atoms with Crippen LogP contribution in [0.15, 0.2) is 36.4 Å². The number of benzene rings is 1. The summed E-state index contributed by atoms with van der Waals surface area (Å²) in [6.45, 7) is 2.88. The highest BCUT2D eigenvalue weighted by Gasteiger charge is 2.20. The van der Waals surface area contributed by atoms with E-state index < -0.39 is 0 Å². The SMILES string of the molecule is CCCC(=O)Nc1ccc(N2CCc3ccccc32)nn1. The Hall–Kier alpha value is -2.43. The van der Waals surface area contributed by atoms with Gasteiger partial charge >= 0.3 is 0 Å². The number of nitrogens with zero attached hydrogens (tertiary/aromatic N) is 3. The summed E-state index contributed by atoms with van der Waals surface area (Å²) in [5, 5.41) is 11.1. The van der Waals surface area contributed by atoms with Gasteiger partial charge in [0.05, 0.1) is 0 Å². The third-order valence-corrected chi connectivity index (χ3v) is 3.56. The third-order valence-electron chi connectivity index (χ3n) is 3.56. The van der Waals surface area contributed by atoms with Crippen molar-refractivity contribution in [2.75, 3.05) is 16.8 Å². The Balaban J connectivity index is 1.75. The number of hydrogen-bond acceptors (Lipinski definition) is 4. The first kappa shape index (κ1) is 13.5. The van der Waals surface area contributed by atoms with E-state index in [2.05, 4.69) is 38.6 Å². The molecule has 0 fully saturated rings. The molecule has 21 heavy (non-hydrogen) atoms. The van der Waals surface area contributed by atoms with Gasteiger partial charge in [-0.05, 0) is 36.6 Å². The molecule has 1 aromatic carbocycles. The Morgan fingerprint density at radius 1 is 1.24 bits per heavy atom. The van der Waals surface area contributed by atoms with Gasteiger partial charge in [-0.15, -0.1) is 10.2 Å². The second-order valence-electron chi connectivity index (χ2n) is 5.11. The maximum atomic E-state index is 11.5. The number of para-hydroxylation sites is 1. The molecule has 2 heterocycles. The Morgan fingerprint density at radius 2 is 2.10 bits per heavy atom. The van der Waals surface area contributed by atoms with E-state index >= 15 is 0 Å². The zero-order valence-electron chi connectivity index (χ0n) is 12.0. The molecule has 2 aromatic rings. The number of carbonyl (C=O) groups is 1. The van der Waals surface area contributed by atoms with Crippen molar-refractivity contribution in [1.29, 1.82) is 0 Å². The lowest BCUT2D eigenvalue weighted by Gasteiger charge is -2.17. The fraction of sp³-hybridized carbons (Fsp3) is 0.312. The van der Waals surface area contributed by atoms with Gasteiger partial charge in [-0.2, -0.15) is 0 Å². The Bertz CT molecular complexity index is 639. The molecular formula is C16H18N4O. The van der Waals surface area contributed by atoms with Gasteiger partial charge in [-0.3, -0.25) is 4.79 Å². The molecule has 0 spiro atoms. The maximum absolute atomic E-state index is 11.5. The molecule has 108 valence electrons. The number of hydrogen-bond donors (Lipinski definition) is 1. The fourth-order valence-corrected chi connectivity index (χ4v) is 2.54. The molecule has 3 rings (SSSR count). The number of anilines is 3. The van der Waals surface area contributed by atoms with Crippen LogP contribution in [0.3, 0.4) is 0 Å². The van der Waals surface area contributed by atoms with Crippen LogP contribution in [0.1, 0.15) is 25.3 Å². The van der Waals surface area contributed by atoms with E-state index in [0.717, 1.165) is 25.2 Å². The molecule has 0 bridgehead atoms. The van der Waals surface area contributed by atoms with Crippen LogP contribution in [0.5, 0.6) is 0 Å². The maximum Gasteiger partial charge on any atom is 0.225 e. The highest BCUT2D eigenvalue weighted by Crippen LogP contribution is 2.32. The molecular weight excluding hydrogens is 264 g/mol. The normalized spacial score (nSPS) is 13.1. The zero-order valence-corrected chi connectivity index (χ0v) is 12.0. The van der Waals surface area contributed by atoms with E-state index in [-0.39, 0.29) is 5.91 Å². The van der Waals surface area contributed by atoms with Crippen LogP contribution < -0.4 is 10.2 Å². The van der Waals surface area contributed by atoms with Crippen LogP contribution in [0.2, 0.25) is 0 Å². The third kappa shape index (κ3) is 2.86. The Kier molecular flexibility index (Phi) is 3.81. The van der Waals surface area contributed by atoms with Gasteiger partial charge in [0.2, 0.25) is 5.91 Å². The number of aromatic nitrogens is 2. The first-order valence-corrected chi connectivity index (χ1v) is 7.27. The van der Waals surface area contributed by atoms with E-state index in [9.17, 15) is 4.79 Å². The number of rotatable bonds is 4. The molecule has 1 aliphatic heterocycles. The van der Waals surface area contributed by atoms with E-state index in [1.54, 1.807) is 6.07 Å². The number of amides is 1. The average molecular weight is 282 g/mol. The molecule has 5 heteroatoms. The summed E-state index contributed by atoms with van der Waals surface area (Å²) in [7, 11) is 0. The number of carbonyl (C=O) groups excluding carboxylic acids is 1. The molecule has 1 aromatic heterocycles. The minimum absolute atomic E-state index is 0.0222. The lowest BCUT2D eigenvalue weighted by Crippen LogP contribution is -2.17. The quantitative estimate of drug-likeness (QED) is 0.936. The molecule has 0 saturated carbocycles. The van der Waals surface area contributed by atoms with Crippen LogP contribution in [0.4, 0.5) is 17.3 Å². The lowest BCUT2D eigenvalue weighted by atomic mass is 10.2. The topological polar surface area (TPSA) is 58.1 Å². The van der Waals surface area contributed by atoms with E-state index in [0.29, 0.717) is 12.2 Å². The van der Waals surface area contributed by atoms with Crippen molar-refractivity contribution >= 4 is 23.2 Å². The van der Waals surface area contributed by atoms with Crippen LogP contribution in [-0.2, 0) is 11.2 Å². The molecule has 1 aliphatic rings. The van der Waals surface area contributed by atoms with Crippen LogP contribution in [0.25, 0.3) is 0 Å². The van der Waals surface area contributed by atoms with Gasteiger partial charge in [0.1, 0.15) is 0 Å². The minimum Gasteiger partial charge on any atom is -0.324 e. The Labute approximate surface area is 124 Å². The van der Waals surface area contributed by atoms with Crippen molar-refractivity contribution in [2.24, 2.45) is 0 Å². The van der Waals surface area contributed by atoms with Gasteiger partial charge in [0.25, 0.3) is 0 Å². The lowest BCUT2D eigenvalue weighted by molar-refractivity contribution is -0.116. The Morgan fingerprint density at radius 3 is 2.86 bits per heavy atom. The summed E-state index contributed by atoms with van der Waals surface area (Å²) in [4.78, 5) is 13.7. The van der Waals surface area contributed by atoms with Crippen LogP contribution in [-0.4, -0.2) is 22.6 Å². The fourth-order valence-electron chi connectivity index (χ4n) is 2.54.